The Morgan fingerprint density at radius 3 is 2.90 bits per heavy atom. The minimum atomic E-state index is -0.420. The molecule has 4 rings (SSSR count). The van der Waals surface area contributed by atoms with Crippen LogP contribution in [0.15, 0.2) is 42.6 Å². The number of fused-ring (bicyclic) bond motifs is 5. The van der Waals surface area contributed by atoms with E-state index in [-0.39, 0.29) is 0 Å². The lowest BCUT2D eigenvalue weighted by Crippen LogP contribution is -2.40. The van der Waals surface area contributed by atoms with Crippen molar-refractivity contribution in [1.29, 1.82) is 0 Å². The summed E-state index contributed by atoms with van der Waals surface area (Å²) in [6, 6.07) is 12.6. The van der Waals surface area contributed by atoms with Crippen molar-refractivity contribution in [2.45, 2.75) is 26.0 Å². The Morgan fingerprint density at radius 2 is 2.05 bits per heavy atom. The van der Waals surface area contributed by atoms with Gasteiger partial charge in [0, 0.05) is 29.0 Å². The molecule has 0 radical (unpaired) electrons. The summed E-state index contributed by atoms with van der Waals surface area (Å²) >= 11 is 0. The van der Waals surface area contributed by atoms with Gasteiger partial charge in [-0.1, -0.05) is 18.2 Å². The first-order valence-corrected chi connectivity index (χ1v) is 7.05. The van der Waals surface area contributed by atoms with Crippen molar-refractivity contribution in [2.24, 2.45) is 0 Å². The van der Waals surface area contributed by atoms with E-state index in [4.69, 9.17) is 0 Å². The highest BCUT2D eigenvalue weighted by Crippen LogP contribution is 2.31. The molecule has 3 heteroatoms. The first-order chi connectivity index (χ1) is 9.74. The zero-order valence-corrected chi connectivity index (χ0v) is 11.4. The molecule has 3 heterocycles. The van der Waals surface area contributed by atoms with Crippen LogP contribution in [0.3, 0.4) is 0 Å². The van der Waals surface area contributed by atoms with E-state index in [1.54, 1.807) is 6.92 Å². The molecule has 1 unspecified atom stereocenters. The second kappa shape index (κ2) is 4.18. The number of rotatable bonds is 1. The van der Waals surface area contributed by atoms with Crippen molar-refractivity contribution in [3.05, 3.63) is 53.7 Å². The molecule has 1 atom stereocenters. The maximum atomic E-state index is 9.71. The Morgan fingerprint density at radius 1 is 1.20 bits per heavy atom. The standard InChI is InChI=1S/C17H16N2O/c1-11(20)12-6-7-16-17-14(8-9-19(16)10-12)13-4-2-3-5-15(13)18-17/h2-7,10-11,20H,8-9H2,1H3/p+1. The van der Waals surface area contributed by atoms with Crippen LogP contribution in [-0.2, 0) is 13.0 Å². The van der Waals surface area contributed by atoms with E-state index in [0.717, 1.165) is 18.5 Å². The summed E-state index contributed by atoms with van der Waals surface area (Å²) in [5, 5.41) is 11.0. The fourth-order valence-corrected chi connectivity index (χ4v) is 3.13. The SMILES string of the molecule is CC(O)c1ccc2[n+](c1)CCc1c-2[nH]c2ccccc12. The van der Waals surface area contributed by atoms with Crippen LogP contribution < -0.4 is 4.57 Å². The van der Waals surface area contributed by atoms with Gasteiger partial charge in [-0.2, -0.15) is 4.57 Å². The van der Waals surface area contributed by atoms with Crippen LogP contribution in [0.2, 0.25) is 0 Å². The second-order valence-electron chi connectivity index (χ2n) is 5.49. The summed E-state index contributed by atoms with van der Waals surface area (Å²) in [4.78, 5) is 3.54. The normalized spacial score (nSPS) is 14.9. The van der Waals surface area contributed by atoms with Crippen molar-refractivity contribution >= 4 is 10.9 Å². The van der Waals surface area contributed by atoms with Crippen LogP contribution in [-0.4, -0.2) is 10.1 Å². The molecule has 0 saturated heterocycles. The van der Waals surface area contributed by atoms with Crippen LogP contribution in [0, 0.1) is 0 Å². The van der Waals surface area contributed by atoms with Crippen molar-refractivity contribution in [2.75, 3.05) is 0 Å². The summed E-state index contributed by atoms with van der Waals surface area (Å²) in [5.74, 6) is 0. The van der Waals surface area contributed by atoms with Crippen LogP contribution >= 0.6 is 0 Å². The fraction of sp³-hybridized carbons (Fsp3) is 0.235. The van der Waals surface area contributed by atoms with E-state index in [2.05, 4.69) is 46.1 Å². The number of aromatic amines is 1. The zero-order chi connectivity index (χ0) is 13.7. The van der Waals surface area contributed by atoms with Gasteiger partial charge in [-0.25, -0.2) is 0 Å². The molecule has 0 bridgehead atoms. The molecule has 100 valence electrons. The first kappa shape index (κ1) is 11.7. The molecule has 2 N–H and O–H groups in total. The highest BCUT2D eigenvalue weighted by atomic mass is 16.3. The maximum absolute atomic E-state index is 9.71. The van der Waals surface area contributed by atoms with Gasteiger partial charge in [-0.05, 0) is 24.6 Å². The van der Waals surface area contributed by atoms with E-state index in [1.807, 2.05) is 6.07 Å². The molecule has 2 aromatic heterocycles. The van der Waals surface area contributed by atoms with Gasteiger partial charge >= 0.3 is 0 Å². The monoisotopic (exact) mass is 265 g/mol. The van der Waals surface area contributed by atoms with Crippen molar-refractivity contribution < 1.29 is 9.67 Å². The molecule has 0 saturated carbocycles. The van der Waals surface area contributed by atoms with Gasteiger partial charge in [0.1, 0.15) is 5.69 Å². The Kier molecular flexibility index (Phi) is 2.44. The van der Waals surface area contributed by atoms with Gasteiger partial charge in [0.2, 0.25) is 5.69 Å². The van der Waals surface area contributed by atoms with Crippen LogP contribution in [0.25, 0.3) is 22.3 Å². The minimum absolute atomic E-state index is 0.420. The van der Waals surface area contributed by atoms with Crippen LogP contribution in [0.5, 0.6) is 0 Å². The second-order valence-corrected chi connectivity index (χ2v) is 5.49. The number of aromatic nitrogens is 2. The number of para-hydroxylation sites is 1. The molecule has 0 amide bonds. The first-order valence-electron chi connectivity index (χ1n) is 7.05. The third kappa shape index (κ3) is 1.60. The number of nitrogens with zero attached hydrogens (tertiary/aromatic N) is 1. The predicted molar refractivity (Wildman–Crippen MR) is 78.3 cm³/mol. The summed E-state index contributed by atoms with van der Waals surface area (Å²) in [6.45, 7) is 2.77. The van der Waals surface area contributed by atoms with E-state index < -0.39 is 6.10 Å². The number of H-pyrrole nitrogens is 1. The van der Waals surface area contributed by atoms with Crippen molar-refractivity contribution in [1.82, 2.24) is 4.98 Å². The van der Waals surface area contributed by atoms with E-state index in [9.17, 15) is 5.11 Å². The van der Waals surface area contributed by atoms with Gasteiger partial charge < -0.3 is 10.1 Å². The number of benzene rings is 1. The number of aliphatic hydroxyl groups excluding tert-OH is 1. The topological polar surface area (TPSA) is 39.9 Å². The molecule has 0 spiro atoms. The van der Waals surface area contributed by atoms with Gasteiger partial charge in [0.15, 0.2) is 12.7 Å². The summed E-state index contributed by atoms with van der Waals surface area (Å²) in [5.41, 5.74) is 5.99. The van der Waals surface area contributed by atoms with Gasteiger partial charge in [-0.15, -0.1) is 0 Å². The Bertz CT molecular complexity index is 802. The Labute approximate surface area is 117 Å². The minimum Gasteiger partial charge on any atom is -0.388 e. The third-order valence-corrected chi connectivity index (χ3v) is 4.20. The molecule has 3 nitrogen and oxygen atoms in total. The lowest BCUT2D eigenvalue weighted by Gasteiger charge is -2.13. The number of aliphatic hydroxyl groups is 1. The quantitative estimate of drug-likeness (QED) is 0.653. The number of hydrogen-bond acceptors (Lipinski definition) is 1. The van der Waals surface area contributed by atoms with Crippen LogP contribution in [0.4, 0.5) is 0 Å². The van der Waals surface area contributed by atoms with Crippen LogP contribution in [0.1, 0.15) is 24.2 Å². The highest BCUT2D eigenvalue weighted by Gasteiger charge is 2.26. The van der Waals surface area contributed by atoms with E-state index in [0.29, 0.717) is 0 Å². The highest BCUT2D eigenvalue weighted by molar-refractivity contribution is 5.90. The largest absolute Gasteiger partial charge is 0.388 e. The number of aryl methyl sites for hydroxylation is 2. The number of pyridine rings is 1. The average molecular weight is 265 g/mol. The smallest absolute Gasteiger partial charge is 0.229 e. The number of hydrogen-bond donors (Lipinski definition) is 2. The Balaban J connectivity index is 1.95. The van der Waals surface area contributed by atoms with Gasteiger partial charge in [-0.3, -0.25) is 0 Å². The lowest BCUT2D eigenvalue weighted by molar-refractivity contribution is -0.688. The Hall–Kier alpha value is -2.13. The predicted octanol–water partition coefficient (Wildman–Crippen LogP) is 2.73. The van der Waals surface area contributed by atoms with Crippen molar-refractivity contribution in [3.8, 4) is 11.4 Å². The molecular weight excluding hydrogens is 248 g/mol. The molecule has 20 heavy (non-hydrogen) atoms. The molecule has 1 aromatic carbocycles. The molecular formula is C17H17N2O+. The molecule has 0 aliphatic carbocycles. The van der Waals surface area contributed by atoms with E-state index in [1.165, 1.54) is 27.9 Å². The average Bonchev–Trinajstić information content (AvgIpc) is 2.85. The third-order valence-electron chi connectivity index (χ3n) is 4.20. The molecule has 0 fully saturated rings. The summed E-state index contributed by atoms with van der Waals surface area (Å²) in [6.07, 6.45) is 2.67. The van der Waals surface area contributed by atoms with Gasteiger partial charge in [0.25, 0.3) is 0 Å². The molecule has 1 aliphatic heterocycles. The molecule has 3 aromatic rings. The van der Waals surface area contributed by atoms with Gasteiger partial charge in [0.05, 0.1) is 6.10 Å². The molecule has 1 aliphatic rings. The van der Waals surface area contributed by atoms with Crippen molar-refractivity contribution in [3.63, 3.8) is 0 Å². The lowest BCUT2D eigenvalue weighted by atomic mass is 10.0. The maximum Gasteiger partial charge on any atom is 0.229 e. The summed E-state index contributed by atoms with van der Waals surface area (Å²) < 4.78 is 2.24. The number of nitrogens with one attached hydrogen (secondary N) is 1. The fourth-order valence-electron chi connectivity index (χ4n) is 3.13. The summed E-state index contributed by atoms with van der Waals surface area (Å²) in [7, 11) is 0. The van der Waals surface area contributed by atoms with E-state index >= 15 is 0 Å². The zero-order valence-electron chi connectivity index (χ0n) is 11.4.